The number of hydrogen-bond donors (Lipinski definition) is 0. The van der Waals surface area contributed by atoms with E-state index in [1.54, 1.807) is 12.1 Å². The Morgan fingerprint density at radius 3 is 2.68 bits per heavy atom. The third-order valence-electron chi connectivity index (χ3n) is 2.92. The van der Waals surface area contributed by atoms with E-state index >= 15 is 0 Å². The summed E-state index contributed by atoms with van der Waals surface area (Å²) < 4.78 is 13.8. The Kier molecular flexibility index (Phi) is 4.33. The van der Waals surface area contributed by atoms with E-state index in [0.29, 0.717) is 5.56 Å². The second-order valence-corrected chi connectivity index (χ2v) is 4.79. The topological polar surface area (TPSA) is 17.1 Å². The summed E-state index contributed by atoms with van der Waals surface area (Å²) in [6.07, 6.45) is 1.91. The lowest BCUT2D eigenvalue weighted by molar-refractivity contribution is 0.103. The van der Waals surface area contributed by atoms with Gasteiger partial charge in [0.05, 0.1) is 10.6 Å². The molecule has 2 aromatic rings. The number of halogens is 2. The highest BCUT2D eigenvalue weighted by Crippen LogP contribution is 2.21. The molecule has 0 aliphatic rings. The number of rotatable bonds is 4. The van der Waals surface area contributed by atoms with Gasteiger partial charge >= 0.3 is 0 Å². The maximum atomic E-state index is 13.8. The lowest BCUT2D eigenvalue weighted by Crippen LogP contribution is -2.05. The summed E-state index contributed by atoms with van der Waals surface area (Å²) in [5.74, 6) is -0.993. The number of carbonyl (C=O) groups excluding carboxylic acids is 1. The van der Waals surface area contributed by atoms with Crippen molar-refractivity contribution in [1.29, 1.82) is 0 Å². The van der Waals surface area contributed by atoms with Crippen molar-refractivity contribution in [2.75, 3.05) is 0 Å². The molecule has 0 unspecified atom stereocenters. The first-order chi connectivity index (χ1) is 9.13. The maximum absolute atomic E-state index is 13.8. The van der Waals surface area contributed by atoms with Crippen molar-refractivity contribution < 1.29 is 9.18 Å². The average Bonchev–Trinajstić information content (AvgIpc) is 2.42. The van der Waals surface area contributed by atoms with Crippen LogP contribution in [-0.2, 0) is 6.42 Å². The van der Waals surface area contributed by atoms with Crippen molar-refractivity contribution in [2.45, 2.75) is 19.8 Å². The second kappa shape index (κ2) is 5.98. The molecule has 0 spiro atoms. The minimum atomic E-state index is -0.657. The highest BCUT2D eigenvalue weighted by atomic mass is 35.5. The fourth-order valence-corrected chi connectivity index (χ4v) is 2.17. The first-order valence-electron chi connectivity index (χ1n) is 6.21. The van der Waals surface area contributed by atoms with Crippen LogP contribution in [0.1, 0.15) is 34.8 Å². The monoisotopic (exact) mass is 276 g/mol. The molecule has 0 aliphatic carbocycles. The summed E-state index contributed by atoms with van der Waals surface area (Å²) in [5, 5.41) is -0.0319. The van der Waals surface area contributed by atoms with E-state index in [2.05, 4.69) is 6.92 Å². The minimum Gasteiger partial charge on any atom is -0.288 e. The summed E-state index contributed by atoms with van der Waals surface area (Å²) in [6, 6.07) is 11.8. The molecule has 0 N–H and O–H groups in total. The van der Waals surface area contributed by atoms with Gasteiger partial charge in [0, 0.05) is 5.56 Å². The average molecular weight is 277 g/mol. The number of hydrogen-bond acceptors (Lipinski definition) is 1. The minimum absolute atomic E-state index is 0.0150. The van der Waals surface area contributed by atoms with E-state index in [0.717, 1.165) is 18.4 Å². The molecule has 0 aromatic heterocycles. The molecular weight excluding hydrogens is 263 g/mol. The summed E-state index contributed by atoms with van der Waals surface area (Å²) in [5.41, 5.74) is 1.59. The third kappa shape index (κ3) is 3.02. The number of aryl methyl sites for hydroxylation is 1. The van der Waals surface area contributed by atoms with Gasteiger partial charge < -0.3 is 0 Å². The smallest absolute Gasteiger partial charge is 0.196 e. The van der Waals surface area contributed by atoms with Crippen LogP contribution in [0.5, 0.6) is 0 Å². The molecule has 1 nitrogen and oxygen atoms in total. The fraction of sp³-hybridized carbons (Fsp3) is 0.188. The van der Waals surface area contributed by atoms with Crippen LogP contribution in [0, 0.1) is 5.82 Å². The van der Waals surface area contributed by atoms with Crippen molar-refractivity contribution in [2.24, 2.45) is 0 Å². The van der Waals surface area contributed by atoms with Gasteiger partial charge in [-0.15, -0.1) is 0 Å². The van der Waals surface area contributed by atoms with Crippen molar-refractivity contribution in [3.8, 4) is 0 Å². The molecule has 0 atom stereocenters. The molecule has 19 heavy (non-hydrogen) atoms. The Balaban J connectivity index is 2.38. The van der Waals surface area contributed by atoms with Gasteiger partial charge in [-0.25, -0.2) is 4.39 Å². The van der Waals surface area contributed by atoms with Gasteiger partial charge in [0.2, 0.25) is 0 Å². The van der Waals surface area contributed by atoms with E-state index in [1.165, 1.54) is 12.1 Å². The lowest BCUT2D eigenvalue weighted by Gasteiger charge is -2.06. The van der Waals surface area contributed by atoms with Crippen LogP contribution in [0.25, 0.3) is 0 Å². The van der Waals surface area contributed by atoms with Crippen LogP contribution in [0.4, 0.5) is 4.39 Å². The SMILES string of the molecule is CCCc1cccc(C(=O)c2cccc(Cl)c2F)c1. The predicted octanol–water partition coefficient (Wildman–Crippen LogP) is 4.66. The van der Waals surface area contributed by atoms with Crippen molar-refractivity contribution in [3.63, 3.8) is 0 Å². The summed E-state index contributed by atoms with van der Waals surface area (Å²) in [6.45, 7) is 2.07. The first kappa shape index (κ1) is 13.8. The van der Waals surface area contributed by atoms with Gasteiger partial charge in [0.1, 0.15) is 0 Å². The largest absolute Gasteiger partial charge is 0.288 e. The van der Waals surface area contributed by atoms with Crippen LogP contribution >= 0.6 is 11.6 Å². The quantitative estimate of drug-likeness (QED) is 0.742. The molecule has 0 saturated heterocycles. The van der Waals surface area contributed by atoms with Gasteiger partial charge in [-0.3, -0.25) is 4.79 Å². The van der Waals surface area contributed by atoms with Crippen LogP contribution < -0.4 is 0 Å². The predicted molar refractivity (Wildman–Crippen MR) is 75.3 cm³/mol. The molecule has 3 heteroatoms. The molecule has 0 amide bonds. The van der Waals surface area contributed by atoms with E-state index in [4.69, 9.17) is 11.6 Å². The zero-order valence-electron chi connectivity index (χ0n) is 10.6. The molecule has 2 rings (SSSR count). The van der Waals surface area contributed by atoms with E-state index in [9.17, 15) is 9.18 Å². The van der Waals surface area contributed by atoms with E-state index in [-0.39, 0.29) is 16.4 Å². The second-order valence-electron chi connectivity index (χ2n) is 4.38. The van der Waals surface area contributed by atoms with Crippen LogP contribution in [0.2, 0.25) is 5.02 Å². The molecule has 0 saturated carbocycles. The number of carbonyl (C=O) groups is 1. The number of benzene rings is 2. The molecule has 0 bridgehead atoms. The molecular formula is C16H14ClFO. The Morgan fingerprint density at radius 2 is 1.95 bits per heavy atom. The zero-order valence-corrected chi connectivity index (χ0v) is 11.4. The highest BCUT2D eigenvalue weighted by molar-refractivity contribution is 6.31. The molecule has 0 radical (unpaired) electrons. The maximum Gasteiger partial charge on any atom is 0.196 e. The Bertz CT molecular complexity index is 607. The molecule has 0 aliphatic heterocycles. The third-order valence-corrected chi connectivity index (χ3v) is 3.22. The zero-order chi connectivity index (χ0) is 13.8. The Labute approximate surface area is 117 Å². The Morgan fingerprint density at radius 1 is 1.21 bits per heavy atom. The standard InChI is InChI=1S/C16H14ClFO/c1-2-5-11-6-3-7-12(10-11)16(19)13-8-4-9-14(17)15(13)18/h3-4,6-10H,2,5H2,1H3. The van der Waals surface area contributed by atoms with Crippen LogP contribution in [0.15, 0.2) is 42.5 Å². The Hall–Kier alpha value is -1.67. The molecule has 0 heterocycles. The van der Waals surface area contributed by atoms with E-state index < -0.39 is 5.82 Å². The fourth-order valence-electron chi connectivity index (χ4n) is 1.99. The summed E-state index contributed by atoms with van der Waals surface area (Å²) in [7, 11) is 0. The van der Waals surface area contributed by atoms with Gasteiger partial charge in [0.25, 0.3) is 0 Å². The molecule has 98 valence electrons. The van der Waals surface area contributed by atoms with Gasteiger partial charge in [-0.1, -0.05) is 49.2 Å². The molecule has 2 aromatic carbocycles. The van der Waals surface area contributed by atoms with Crippen molar-refractivity contribution >= 4 is 17.4 Å². The van der Waals surface area contributed by atoms with Crippen LogP contribution in [0.3, 0.4) is 0 Å². The highest BCUT2D eigenvalue weighted by Gasteiger charge is 2.16. The summed E-state index contributed by atoms with van der Waals surface area (Å²) >= 11 is 5.70. The van der Waals surface area contributed by atoms with E-state index in [1.807, 2.05) is 18.2 Å². The van der Waals surface area contributed by atoms with Crippen LogP contribution in [-0.4, -0.2) is 5.78 Å². The van der Waals surface area contributed by atoms with Gasteiger partial charge in [-0.05, 0) is 30.2 Å². The number of ketones is 1. The lowest BCUT2D eigenvalue weighted by atomic mass is 9.99. The van der Waals surface area contributed by atoms with Crippen molar-refractivity contribution in [3.05, 3.63) is 70.0 Å². The van der Waals surface area contributed by atoms with Gasteiger partial charge in [0.15, 0.2) is 11.6 Å². The molecule has 0 fully saturated rings. The first-order valence-corrected chi connectivity index (χ1v) is 6.59. The van der Waals surface area contributed by atoms with Crippen molar-refractivity contribution in [1.82, 2.24) is 0 Å². The van der Waals surface area contributed by atoms with Gasteiger partial charge in [-0.2, -0.15) is 0 Å². The normalized spacial score (nSPS) is 10.5. The summed E-state index contributed by atoms with van der Waals surface area (Å²) in [4.78, 5) is 12.3.